The van der Waals surface area contributed by atoms with Crippen LogP contribution in [0.15, 0.2) is 12.2 Å². The fourth-order valence-electron chi connectivity index (χ4n) is 0. The topological polar surface area (TPSA) is 0 Å². The average Bonchev–Trinajstić information content (AvgIpc) is 0.811. The Morgan fingerprint density at radius 3 is 1.33 bits per heavy atom. The van der Waals surface area contributed by atoms with Gasteiger partial charge in [0, 0.05) is 0 Å². The zero-order valence-electron chi connectivity index (χ0n) is 4.12. The van der Waals surface area contributed by atoms with Crippen molar-refractivity contribution >= 4 is 25.9 Å². The molecular weight excluding hydrogens is 116 g/mol. The van der Waals surface area contributed by atoms with Gasteiger partial charge in [-0.3, -0.25) is 0 Å². The predicted octanol–water partition coefficient (Wildman–Crippen LogP) is 2.12. The molecule has 0 N–H and O–H groups in total. The molecule has 0 spiro atoms. The molecule has 0 aromatic rings. The molecule has 0 rings (SSSR count). The Kier molecular flexibility index (Phi) is 24.3. The maximum absolute atomic E-state index is 3.56. The van der Waals surface area contributed by atoms with E-state index in [1.165, 1.54) is 5.57 Å². The van der Waals surface area contributed by atoms with Gasteiger partial charge >= 0.3 is 0 Å². The van der Waals surface area contributed by atoms with Crippen molar-refractivity contribution in [2.24, 2.45) is 0 Å². The van der Waals surface area contributed by atoms with Crippen LogP contribution >= 0.6 is 25.9 Å². The number of hydrogen-bond acceptors (Lipinski definition) is 0. The fraction of sp³-hybridized carbons (Fsp3) is 0.500. The van der Waals surface area contributed by atoms with Gasteiger partial charge in [-0.05, 0) is 13.8 Å². The van der Waals surface area contributed by atoms with Crippen molar-refractivity contribution < 1.29 is 0 Å². The lowest BCUT2D eigenvalue weighted by Gasteiger charge is -1.65. The van der Waals surface area contributed by atoms with E-state index in [0.717, 1.165) is 0 Å². The third-order valence-corrected chi connectivity index (χ3v) is 0. The highest BCUT2D eigenvalue weighted by molar-refractivity contribution is 7.59. The molecule has 40 valence electrons. The first-order valence-electron chi connectivity index (χ1n) is 1.35. The Bertz CT molecular complexity index is 30.5. The van der Waals surface area contributed by atoms with E-state index in [0.29, 0.717) is 0 Å². The minimum Gasteiger partial charge on any atom is -0.197 e. The molecule has 0 radical (unpaired) electrons. The van der Waals surface area contributed by atoms with Crippen LogP contribution in [0.1, 0.15) is 13.8 Å². The van der Waals surface area contributed by atoms with Gasteiger partial charge < -0.3 is 0 Å². The summed E-state index contributed by atoms with van der Waals surface area (Å²) in [6.07, 6.45) is 0. The van der Waals surface area contributed by atoms with E-state index in [4.69, 9.17) is 0 Å². The second-order valence-electron chi connectivity index (χ2n) is 1.21. The SMILES string of the molecule is C=C(C)C.Cl.S. The van der Waals surface area contributed by atoms with Gasteiger partial charge in [-0.25, -0.2) is 0 Å². The summed E-state index contributed by atoms with van der Waals surface area (Å²) in [5.74, 6) is 0. The van der Waals surface area contributed by atoms with Crippen molar-refractivity contribution in [2.75, 3.05) is 0 Å². The molecule has 0 aliphatic carbocycles. The largest absolute Gasteiger partial charge is 0.197 e. The van der Waals surface area contributed by atoms with E-state index in [1.54, 1.807) is 0 Å². The summed E-state index contributed by atoms with van der Waals surface area (Å²) in [6, 6.07) is 0. The van der Waals surface area contributed by atoms with Gasteiger partial charge in [-0.2, -0.15) is 13.5 Å². The van der Waals surface area contributed by atoms with Gasteiger partial charge in [-0.15, -0.1) is 19.0 Å². The molecule has 2 heteroatoms. The van der Waals surface area contributed by atoms with Crippen molar-refractivity contribution in [1.29, 1.82) is 0 Å². The van der Waals surface area contributed by atoms with E-state index >= 15 is 0 Å². The Labute approximate surface area is 52.5 Å². The molecule has 0 aromatic carbocycles. The predicted molar refractivity (Wildman–Crippen MR) is 38.1 cm³/mol. The quantitative estimate of drug-likeness (QED) is 0.437. The van der Waals surface area contributed by atoms with Crippen LogP contribution in [-0.4, -0.2) is 0 Å². The highest BCUT2D eigenvalue weighted by Crippen LogP contribution is 1.73. The summed E-state index contributed by atoms with van der Waals surface area (Å²) in [5, 5.41) is 0. The minimum atomic E-state index is 0. The molecule has 0 saturated carbocycles. The molecule has 0 amide bonds. The first-order valence-corrected chi connectivity index (χ1v) is 1.35. The smallest absolute Gasteiger partial charge is 0.0445 e. The lowest BCUT2D eigenvalue weighted by Crippen LogP contribution is -1.43. The van der Waals surface area contributed by atoms with Crippen LogP contribution in [0.5, 0.6) is 0 Å². The third-order valence-electron chi connectivity index (χ3n) is 0. The Hall–Kier alpha value is 0.380. The Morgan fingerprint density at radius 2 is 1.33 bits per heavy atom. The summed E-state index contributed by atoms with van der Waals surface area (Å²) < 4.78 is 0. The number of allylic oxidation sites excluding steroid dienone is 1. The second-order valence-corrected chi connectivity index (χ2v) is 1.21. The van der Waals surface area contributed by atoms with Crippen LogP contribution in [0.3, 0.4) is 0 Å². The monoisotopic (exact) mass is 126 g/mol. The van der Waals surface area contributed by atoms with Gasteiger partial charge in [-0.1, -0.05) is 5.57 Å². The molecule has 0 saturated heterocycles. The summed E-state index contributed by atoms with van der Waals surface area (Å²) in [5.41, 5.74) is 1.17. The van der Waals surface area contributed by atoms with Crippen LogP contribution in [0.4, 0.5) is 0 Å². The normalized spacial score (nSPS) is 4.33. The van der Waals surface area contributed by atoms with Crippen LogP contribution in [0, 0.1) is 0 Å². The fourth-order valence-corrected chi connectivity index (χ4v) is 0. The molecule has 0 heterocycles. The van der Waals surface area contributed by atoms with Gasteiger partial charge in [0.25, 0.3) is 0 Å². The van der Waals surface area contributed by atoms with E-state index in [9.17, 15) is 0 Å². The van der Waals surface area contributed by atoms with Gasteiger partial charge in [0.1, 0.15) is 0 Å². The number of hydrogen-bond donors (Lipinski definition) is 0. The minimum absolute atomic E-state index is 0. The average molecular weight is 127 g/mol. The Morgan fingerprint density at radius 1 is 1.33 bits per heavy atom. The Balaban J connectivity index is -0.0000000450. The molecular formula is C4H11ClS. The summed E-state index contributed by atoms with van der Waals surface area (Å²) in [6.45, 7) is 7.50. The van der Waals surface area contributed by atoms with Crippen LogP contribution < -0.4 is 0 Å². The maximum Gasteiger partial charge on any atom is -0.0445 e. The molecule has 0 fully saturated rings. The van der Waals surface area contributed by atoms with Crippen LogP contribution in [0.25, 0.3) is 0 Å². The molecule has 0 aliphatic rings. The molecule has 0 atom stereocenters. The second kappa shape index (κ2) is 9.03. The molecule has 0 aromatic heterocycles. The summed E-state index contributed by atoms with van der Waals surface area (Å²) >= 11 is 0. The van der Waals surface area contributed by atoms with Crippen molar-refractivity contribution in [2.45, 2.75) is 13.8 Å². The standard InChI is InChI=1S/C4H8.ClH.H2S/c1-4(2)3;;/h1H2,2-3H3;1H;1H2. The lowest BCUT2D eigenvalue weighted by molar-refractivity contribution is 1.42. The van der Waals surface area contributed by atoms with E-state index in [1.807, 2.05) is 13.8 Å². The molecule has 0 aliphatic heterocycles. The van der Waals surface area contributed by atoms with Crippen molar-refractivity contribution in [3.63, 3.8) is 0 Å². The zero-order chi connectivity index (χ0) is 3.58. The third kappa shape index (κ3) is 347. The van der Waals surface area contributed by atoms with Crippen LogP contribution in [0.2, 0.25) is 0 Å². The van der Waals surface area contributed by atoms with Gasteiger partial charge in [0.15, 0.2) is 0 Å². The molecule has 0 nitrogen and oxygen atoms in total. The highest BCUT2D eigenvalue weighted by atomic mass is 35.5. The summed E-state index contributed by atoms with van der Waals surface area (Å²) in [4.78, 5) is 0. The van der Waals surface area contributed by atoms with E-state index < -0.39 is 0 Å². The van der Waals surface area contributed by atoms with Gasteiger partial charge in [0.2, 0.25) is 0 Å². The van der Waals surface area contributed by atoms with Crippen molar-refractivity contribution in [3.8, 4) is 0 Å². The van der Waals surface area contributed by atoms with Gasteiger partial charge in [0.05, 0.1) is 0 Å². The zero-order valence-corrected chi connectivity index (χ0v) is 5.93. The van der Waals surface area contributed by atoms with Crippen molar-refractivity contribution in [1.82, 2.24) is 0 Å². The van der Waals surface area contributed by atoms with Crippen LogP contribution in [-0.2, 0) is 0 Å². The highest BCUT2D eigenvalue weighted by Gasteiger charge is 1.51. The maximum atomic E-state index is 3.56. The van der Waals surface area contributed by atoms with E-state index in [-0.39, 0.29) is 25.9 Å². The van der Waals surface area contributed by atoms with Crippen molar-refractivity contribution in [3.05, 3.63) is 12.2 Å². The molecule has 6 heavy (non-hydrogen) atoms. The first kappa shape index (κ1) is 16.2. The molecule has 0 unspecified atom stereocenters. The summed E-state index contributed by atoms with van der Waals surface area (Å²) in [7, 11) is 0. The van der Waals surface area contributed by atoms with E-state index in [2.05, 4.69) is 6.58 Å². The first-order chi connectivity index (χ1) is 1.73. The molecule has 0 bridgehead atoms. The number of rotatable bonds is 0. The number of halogens is 1. The lowest BCUT2D eigenvalue weighted by atomic mass is 10.4.